The number of benzene rings is 2. The van der Waals surface area contributed by atoms with Gasteiger partial charge in [-0.2, -0.15) is 0 Å². The van der Waals surface area contributed by atoms with E-state index < -0.39 is 0 Å². The van der Waals surface area contributed by atoms with E-state index in [4.69, 9.17) is 0 Å². The minimum Gasteiger partial charge on any atom is -0.507 e. The molecular formula is C22H23FN4O2S. The number of nitrogens with zero attached hydrogens (tertiary/aromatic N) is 3. The van der Waals surface area contributed by atoms with E-state index in [1.54, 1.807) is 18.2 Å². The number of hydrogen-bond acceptors (Lipinski definition) is 5. The van der Waals surface area contributed by atoms with Crippen molar-refractivity contribution in [1.29, 1.82) is 0 Å². The van der Waals surface area contributed by atoms with Crippen LogP contribution in [-0.4, -0.2) is 31.5 Å². The Balaban J connectivity index is 1.64. The van der Waals surface area contributed by atoms with Crippen LogP contribution in [-0.2, 0) is 17.9 Å². The summed E-state index contributed by atoms with van der Waals surface area (Å²) in [6.07, 6.45) is 1.72. The van der Waals surface area contributed by atoms with Crippen LogP contribution in [0, 0.1) is 19.7 Å². The van der Waals surface area contributed by atoms with Gasteiger partial charge in [0.2, 0.25) is 5.91 Å². The Morgan fingerprint density at radius 3 is 2.53 bits per heavy atom. The van der Waals surface area contributed by atoms with Crippen LogP contribution in [0.1, 0.15) is 16.7 Å². The summed E-state index contributed by atoms with van der Waals surface area (Å²) < 4.78 is 15.0. The minimum atomic E-state index is -0.321. The van der Waals surface area contributed by atoms with E-state index >= 15 is 0 Å². The normalized spacial score (nSPS) is 10.8. The Bertz CT molecular complexity index is 1040. The van der Waals surface area contributed by atoms with Crippen molar-refractivity contribution in [1.82, 2.24) is 20.1 Å². The van der Waals surface area contributed by atoms with Gasteiger partial charge in [0.25, 0.3) is 0 Å². The van der Waals surface area contributed by atoms with E-state index in [1.807, 2.05) is 30.5 Å². The molecule has 2 N–H and O–H groups in total. The Morgan fingerprint density at radius 1 is 1.23 bits per heavy atom. The molecule has 0 radical (unpaired) electrons. The van der Waals surface area contributed by atoms with Crippen LogP contribution in [0.25, 0.3) is 11.4 Å². The number of aromatic nitrogens is 3. The Morgan fingerprint density at radius 2 is 1.90 bits per heavy atom. The zero-order valence-corrected chi connectivity index (χ0v) is 17.7. The lowest BCUT2D eigenvalue weighted by molar-refractivity contribution is -0.118. The monoisotopic (exact) mass is 426 g/mol. The van der Waals surface area contributed by atoms with Crippen molar-refractivity contribution < 1.29 is 14.3 Å². The summed E-state index contributed by atoms with van der Waals surface area (Å²) in [5.74, 6) is 0.583. The standard InChI is InChI=1S/C22H23FN4O2S/c1-4-9-27-21(17-5-7-18(23)8-6-17)25-26-22(27)30-13-19(28)24-12-16-10-14(2)20(29)15(3)11-16/h4-8,10-11,29H,1,9,12-13H2,2-3H3,(H,24,28). The molecule has 0 bridgehead atoms. The molecular weight excluding hydrogens is 403 g/mol. The molecule has 0 fully saturated rings. The predicted octanol–water partition coefficient (Wildman–Crippen LogP) is 4.00. The number of rotatable bonds is 8. The van der Waals surface area contributed by atoms with Gasteiger partial charge in [-0.3, -0.25) is 9.36 Å². The van der Waals surface area contributed by atoms with Crippen LogP contribution in [0.5, 0.6) is 5.75 Å². The first-order chi connectivity index (χ1) is 14.4. The van der Waals surface area contributed by atoms with Crippen molar-refractivity contribution in [2.45, 2.75) is 32.1 Å². The number of phenolic OH excluding ortho intramolecular Hbond substituents is 1. The molecule has 2 aromatic carbocycles. The molecule has 1 amide bonds. The quantitative estimate of drug-likeness (QED) is 0.420. The summed E-state index contributed by atoms with van der Waals surface area (Å²) in [5, 5.41) is 21.7. The SMILES string of the molecule is C=CCn1c(SCC(=O)NCc2cc(C)c(O)c(C)c2)nnc1-c1ccc(F)cc1. The molecule has 1 aromatic heterocycles. The first kappa shape index (κ1) is 21.6. The highest BCUT2D eigenvalue weighted by Crippen LogP contribution is 2.25. The third-order valence-electron chi connectivity index (χ3n) is 4.50. The molecule has 8 heteroatoms. The van der Waals surface area contributed by atoms with Crippen molar-refractivity contribution >= 4 is 17.7 Å². The van der Waals surface area contributed by atoms with Gasteiger partial charge in [0, 0.05) is 18.7 Å². The van der Waals surface area contributed by atoms with E-state index in [-0.39, 0.29) is 23.2 Å². The van der Waals surface area contributed by atoms with Crippen LogP contribution in [0.4, 0.5) is 4.39 Å². The lowest BCUT2D eigenvalue weighted by atomic mass is 10.1. The topological polar surface area (TPSA) is 80.0 Å². The summed E-state index contributed by atoms with van der Waals surface area (Å²) in [4.78, 5) is 12.3. The summed E-state index contributed by atoms with van der Waals surface area (Å²) in [5.41, 5.74) is 3.22. The van der Waals surface area contributed by atoms with Crippen LogP contribution in [0.2, 0.25) is 0 Å². The zero-order chi connectivity index (χ0) is 21.7. The number of aryl methyl sites for hydroxylation is 2. The second-order valence-corrected chi connectivity index (χ2v) is 7.80. The summed E-state index contributed by atoms with van der Waals surface area (Å²) in [7, 11) is 0. The number of phenols is 1. The van der Waals surface area contributed by atoms with Gasteiger partial charge >= 0.3 is 0 Å². The van der Waals surface area contributed by atoms with E-state index in [0.29, 0.717) is 24.1 Å². The number of nitrogens with one attached hydrogen (secondary N) is 1. The number of carbonyl (C=O) groups excluding carboxylic acids is 1. The molecule has 0 atom stereocenters. The van der Waals surface area contributed by atoms with Crippen molar-refractivity contribution in [3.05, 3.63) is 71.6 Å². The fraction of sp³-hybridized carbons (Fsp3) is 0.227. The van der Waals surface area contributed by atoms with Gasteiger partial charge in [0.05, 0.1) is 5.75 Å². The fourth-order valence-electron chi connectivity index (χ4n) is 3.03. The number of hydrogen-bond donors (Lipinski definition) is 2. The van der Waals surface area contributed by atoms with E-state index in [9.17, 15) is 14.3 Å². The number of amides is 1. The first-order valence-electron chi connectivity index (χ1n) is 9.37. The minimum absolute atomic E-state index is 0.139. The number of thioether (sulfide) groups is 1. The molecule has 1 heterocycles. The highest BCUT2D eigenvalue weighted by Gasteiger charge is 2.15. The molecule has 0 saturated carbocycles. The highest BCUT2D eigenvalue weighted by atomic mass is 32.2. The maximum atomic E-state index is 13.2. The molecule has 30 heavy (non-hydrogen) atoms. The van der Waals surface area contributed by atoms with Crippen molar-refractivity contribution in [3.63, 3.8) is 0 Å². The maximum Gasteiger partial charge on any atom is 0.230 e. The maximum absolute atomic E-state index is 13.2. The lowest BCUT2D eigenvalue weighted by Crippen LogP contribution is -2.24. The Hall–Kier alpha value is -3.13. The van der Waals surface area contributed by atoms with Gasteiger partial charge in [-0.25, -0.2) is 4.39 Å². The van der Waals surface area contributed by atoms with E-state index in [2.05, 4.69) is 22.1 Å². The zero-order valence-electron chi connectivity index (χ0n) is 16.9. The van der Waals surface area contributed by atoms with Gasteiger partial charge in [0.1, 0.15) is 11.6 Å². The van der Waals surface area contributed by atoms with Gasteiger partial charge in [0.15, 0.2) is 11.0 Å². The molecule has 0 saturated heterocycles. The fourth-order valence-corrected chi connectivity index (χ4v) is 3.81. The lowest BCUT2D eigenvalue weighted by Gasteiger charge is -2.10. The molecule has 3 aromatic rings. The van der Waals surface area contributed by atoms with Gasteiger partial charge in [-0.1, -0.05) is 30.0 Å². The van der Waals surface area contributed by atoms with Crippen molar-refractivity contribution in [2.75, 3.05) is 5.75 Å². The molecule has 0 unspecified atom stereocenters. The predicted molar refractivity (Wildman–Crippen MR) is 116 cm³/mol. The molecule has 156 valence electrons. The third kappa shape index (κ3) is 5.07. The largest absolute Gasteiger partial charge is 0.507 e. The molecule has 0 aliphatic rings. The van der Waals surface area contributed by atoms with Gasteiger partial charge < -0.3 is 10.4 Å². The summed E-state index contributed by atoms with van der Waals surface area (Å²) >= 11 is 1.27. The number of carbonyl (C=O) groups is 1. The number of aromatic hydroxyl groups is 1. The average Bonchev–Trinajstić information content (AvgIpc) is 3.12. The van der Waals surface area contributed by atoms with Crippen molar-refractivity contribution in [3.8, 4) is 17.1 Å². The average molecular weight is 427 g/mol. The molecule has 6 nitrogen and oxygen atoms in total. The van der Waals surface area contributed by atoms with Crippen LogP contribution < -0.4 is 5.32 Å². The van der Waals surface area contributed by atoms with E-state index in [1.165, 1.54) is 23.9 Å². The highest BCUT2D eigenvalue weighted by molar-refractivity contribution is 7.99. The smallest absolute Gasteiger partial charge is 0.230 e. The summed E-state index contributed by atoms with van der Waals surface area (Å²) in [6.45, 7) is 8.26. The van der Waals surface area contributed by atoms with Crippen LogP contribution >= 0.6 is 11.8 Å². The third-order valence-corrected chi connectivity index (χ3v) is 5.47. The first-order valence-corrected chi connectivity index (χ1v) is 10.4. The Labute approximate surface area is 178 Å². The summed E-state index contributed by atoms with van der Waals surface area (Å²) in [6, 6.07) is 9.73. The number of allylic oxidation sites excluding steroid dienone is 1. The second kappa shape index (κ2) is 9.58. The van der Waals surface area contributed by atoms with Crippen molar-refractivity contribution in [2.24, 2.45) is 0 Å². The molecule has 3 rings (SSSR count). The van der Waals surface area contributed by atoms with E-state index in [0.717, 1.165) is 22.3 Å². The van der Waals surface area contributed by atoms with Gasteiger partial charge in [-0.05, 0) is 54.8 Å². The van der Waals surface area contributed by atoms with Gasteiger partial charge in [-0.15, -0.1) is 16.8 Å². The van der Waals surface area contributed by atoms with Crippen LogP contribution in [0.15, 0.2) is 54.2 Å². The second-order valence-electron chi connectivity index (χ2n) is 6.86. The molecule has 0 spiro atoms. The Kier molecular flexibility index (Phi) is 6.89. The van der Waals surface area contributed by atoms with Crippen LogP contribution in [0.3, 0.4) is 0 Å². The molecule has 0 aliphatic carbocycles. The number of halogens is 1. The molecule has 0 aliphatic heterocycles.